The normalized spacial score (nSPS) is 12.0. The van der Waals surface area contributed by atoms with Crippen molar-refractivity contribution in [1.82, 2.24) is 9.97 Å². The molecule has 0 aliphatic rings. The van der Waals surface area contributed by atoms with Crippen molar-refractivity contribution in [2.45, 2.75) is 39.9 Å². The van der Waals surface area contributed by atoms with E-state index in [4.69, 9.17) is 0 Å². The van der Waals surface area contributed by atoms with Crippen molar-refractivity contribution in [2.75, 3.05) is 5.75 Å². The summed E-state index contributed by atoms with van der Waals surface area (Å²) in [7, 11) is 0. The zero-order valence-electron chi connectivity index (χ0n) is 9.55. The smallest absolute Gasteiger partial charge is 0.0925 e. The van der Waals surface area contributed by atoms with Gasteiger partial charge in [-0.1, -0.05) is 20.8 Å². The van der Waals surface area contributed by atoms with Crippen LogP contribution in [0.3, 0.4) is 0 Å². The van der Waals surface area contributed by atoms with E-state index in [0.717, 1.165) is 5.75 Å². The average molecular weight is 212 g/mol. The predicted molar refractivity (Wildman–Crippen MR) is 63.6 cm³/mol. The van der Waals surface area contributed by atoms with Gasteiger partial charge < -0.3 is 4.98 Å². The molecule has 0 spiro atoms. The number of H-pyrrole nitrogens is 1. The van der Waals surface area contributed by atoms with E-state index in [2.05, 4.69) is 37.7 Å². The van der Waals surface area contributed by atoms with Gasteiger partial charge in [0.25, 0.3) is 0 Å². The Morgan fingerprint density at radius 2 is 2.14 bits per heavy atom. The highest BCUT2D eigenvalue weighted by Crippen LogP contribution is 2.23. The molecule has 0 saturated carbocycles. The number of rotatable bonds is 4. The molecule has 0 saturated heterocycles. The number of imidazole rings is 1. The lowest BCUT2D eigenvalue weighted by Crippen LogP contribution is -2.05. The zero-order chi connectivity index (χ0) is 10.6. The standard InChI is InChI=1S/C11H20N2S/c1-9-10(13-8-12-9)7-14-6-5-11(2,3)4/h8H,5-7H2,1-4H3,(H,12,13). The maximum atomic E-state index is 4.27. The predicted octanol–water partition coefficient (Wildman–Crippen LogP) is 3.39. The number of hydrogen-bond acceptors (Lipinski definition) is 2. The molecule has 3 heteroatoms. The molecule has 1 aromatic rings. The van der Waals surface area contributed by atoms with E-state index in [0.29, 0.717) is 5.41 Å². The molecule has 0 aliphatic carbocycles. The minimum Gasteiger partial charge on any atom is -0.348 e. The molecule has 0 bridgehead atoms. The van der Waals surface area contributed by atoms with Crippen molar-refractivity contribution in [3.05, 3.63) is 17.7 Å². The Kier molecular flexibility index (Phi) is 4.05. The van der Waals surface area contributed by atoms with Crippen LogP contribution in [0.5, 0.6) is 0 Å². The summed E-state index contributed by atoms with van der Waals surface area (Å²) in [6.07, 6.45) is 3.04. The van der Waals surface area contributed by atoms with Gasteiger partial charge in [0.1, 0.15) is 0 Å². The third-order valence-electron chi connectivity index (χ3n) is 2.17. The topological polar surface area (TPSA) is 28.7 Å². The first-order valence-corrected chi connectivity index (χ1v) is 6.21. The van der Waals surface area contributed by atoms with E-state index >= 15 is 0 Å². The summed E-state index contributed by atoms with van der Waals surface area (Å²) in [5, 5.41) is 0. The largest absolute Gasteiger partial charge is 0.348 e. The Labute approximate surface area is 90.9 Å². The summed E-state index contributed by atoms with van der Waals surface area (Å²) in [6, 6.07) is 0. The number of aryl methyl sites for hydroxylation is 1. The van der Waals surface area contributed by atoms with Gasteiger partial charge in [-0.3, -0.25) is 0 Å². The van der Waals surface area contributed by atoms with Crippen LogP contribution in [0.25, 0.3) is 0 Å². The fourth-order valence-corrected chi connectivity index (χ4v) is 2.47. The Hall–Kier alpha value is -0.440. The fraction of sp³-hybridized carbons (Fsp3) is 0.727. The summed E-state index contributed by atoms with van der Waals surface area (Å²) in [5.41, 5.74) is 2.85. The highest BCUT2D eigenvalue weighted by molar-refractivity contribution is 7.98. The van der Waals surface area contributed by atoms with Gasteiger partial charge in [-0.25, -0.2) is 4.98 Å². The first-order chi connectivity index (χ1) is 6.49. The fourth-order valence-electron chi connectivity index (χ4n) is 1.08. The van der Waals surface area contributed by atoms with Crippen LogP contribution in [0.4, 0.5) is 0 Å². The maximum absolute atomic E-state index is 4.27. The molecule has 14 heavy (non-hydrogen) atoms. The summed E-state index contributed by atoms with van der Waals surface area (Å²) in [4.78, 5) is 7.37. The summed E-state index contributed by atoms with van der Waals surface area (Å²) in [6.45, 7) is 8.93. The number of aromatic nitrogens is 2. The average Bonchev–Trinajstić information content (AvgIpc) is 2.44. The number of aromatic amines is 1. The van der Waals surface area contributed by atoms with E-state index < -0.39 is 0 Å². The van der Waals surface area contributed by atoms with Gasteiger partial charge in [0, 0.05) is 11.4 Å². The van der Waals surface area contributed by atoms with Crippen LogP contribution in [0, 0.1) is 12.3 Å². The highest BCUT2D eigenvalue weighted by atomic mass is 32.2. The second-order valence-corrected chi connectivity index (χ2v) is 5.94. The molecular formula is C11H20N2S. The molecule has 0 unspecified atom stereocenters. The number of nitrogens with zero attached hydrogens (tertiary/aromatic N) is 1. The van der Waals surface area contributed by atoms with Crippen LogP contribution in [0.2, 0.25) is 0 Å². The van der Waals surface area contributed by atoms with Crippen molar-refractivity contribution in [2.24, 2.45) is 5.41 Å². The monoisotopic (exact) mass is 212 g/mol. The van der Waals surface area contributed by atoms with E-state index in [-0.39, 0.29) is 0 Å². The zero-order valence-corrected chi connectivity index (χ0v) is 10.4. The molecule has 0 amide bonds. The van der Waals surface area contributed by atoms with Gasteiger partial charge in [0.15, 0.2) is 0 Å². The molecule has 2 nitrogen and oxygen atoms in total. The number of nitrogens with one attached hydrogen (secondary N) is 1. The Morgan fingerprint density at radius 1 is 1.43 bits per heavy atom. The molecule has 0 aliphatic heterocycles. The molecule has 80 valence electrons. The SMILES string of the molecule is Cc1[nH]cnc1CSCCC(C)(C)C. The first kappa shape index (κ1) is 11.6. The Balaban J connectivity index is 2.20. The van der Waals surface area contributed by atoms with Crippen molar-refractivity contribution in [1.29, 1.82) is 0 Å². The van der Waals surface area contributed by atoms with Crippen molar-refractivity contribution in [3.63, 3.8) is 0 Å². The molecule has 1 heterocycles. The Bertz CT molecular complexity index is 273. The van der Waals surface area contributed by atoms with E-state index in [9.17, 15) is 0 Å². The van der Waals surface area contributed by atoms with Crippen molar-refractivity contribution in [3.8, 4) is 0 Å². The minimum atomic E-state index is 0.452. The van der Waals surface area contributed by atoms with Crippen molar-refractivity contribution >= 4 is 11.8 Å². The molecule has 0 atom stereocenters. The van der Waals surface area contributed by atoms with Gasteiger partial charge in [-0.05, 0) is 24.5 Å². The number of thioether (sulfide) groups is 1. The molecule has 0 radical (unpaired) electrons. The highest BCUT2D eigenvalue weighted by Gasteiger charge is 2.09. The minimum absolute atomic E-state index is 0.452. The lowest BCUT2D eigenvalue weighted by molar-refractivity contribution is 0.401. The van der Waals surface area contributed by atoms with Crippen LogP contribution in [-0.2, 0) is 5.75 Å². The third kappa shape index (κ3) is 4.18. The molecule has 1 N–H and O–H groups in total. The first-order valence-electron chi connectivity index (χ1n) is 5.05. The molecule has 0 fully saturated rings. The van der Waals surface area contributed by atoms with Crippen LogP contribution in [-0.4, -0.2) is 15.7 Å². The summed E-state index contributed by atoms with van der Waals surface area (Å²) >= 11 is 1.97. The van der Waals surface area contributed by atoms with Crippen LogP contribution in [0.1, 0.15) is 38.6 Å². The van der Waals surface area contributed by atoms with Gasteiger partial charge in [-0.2, -0.15) is 11.8 Å². The lowest BCUT2D eigenvalue weighted by atomic mass is 9.94. The third-order valence-corrected chi connectivity index (χ3v) is 3.14. The van der Waals surface area contributed by atoms with Crippen LogP contribution < -0.4 is 0 Å². The van der Waals surface area contributed by atoms with Gasteiger partial charge in [0.05, 0.1) is 12.0 Å². The van der Waals surface area contributed by atoms with Crippen molar-refractivity contribution < 1.29 is 0 Å². The Morgan fingerprint density at radius 3 is 2.64 bits per heavy atom. The second kappa shape index (κ2) is 4.87. The van der Waals surface area contributed by atoms with Gasteiger partial charge >= 0.3 is 0 Å². The van der Waals surface area contributed by atoms with Gasteiger partial charge in [-0.15, -0.1) is 0 Å². The summed E-state index contributed by atoms with van der Waals surface area (Å²) < 4.78 is 0. The van der Waals surface area contributed by atoms with Crippen LogP contribution in [0.15, 0.2) is 6.33 Å². The summed E-state index contributed by atoms with van der Waals surface area (Å²) in [5.74, 6) is 2.25. The van der Waals surface area contributed by atoms with E-state index in [1.54, 1.807) is 6.33 Å². The lowest BCUT2D eigenvalue weighted by Gasteiger charge is -2.16. The second-order valence-electron chi connectivity index (χ2n) is 4.84. The molecular weight excluding hydrogens is 192 g/mol. The molecule has 1 aromatic heterocycles. The number of hydrogen-bond donors (Lipinski definition) is 1. The quantitative estimate of drug-likeness (QED) is 0.775. The van der Waals surface area contributed by atoms with Crippen LogP contribution >= 0.6 is 11.8 Å². The maximum Gasteiger partial charge on any atom is 0.0925 e. The molecule has 1 rings (SSSR count). The molecule has 0 aromatic carbocycles. The van der Waals surface area contributed by atoms with Gasteiger partial charge in [0.2, 0.25) is 0 Å². The van der Waals surface area contributed by atoms with E-state index in [1.165, 1.54) is 23.6 Å². The van der Waals surface area contributed by atoms with E-state index in [1.807, 2.05) is 11.8 Å².